The summed E-state index contributed by atoms with van der Waals surface area (Å²) in [5.74, 6) is -0.645. The lowest BCUT2D eigenvalue weighted by Gasteiger charge is -2.09. The maximum atomic E-state index is 12.1. The standard InChI is InChI=1S/C17H14N6O3/c24-16(25)11-1-2-13-12(9-11)20-14(15-21-22-17(26)23(13)15)19-8-5-10-3-6-18-7-4-10/h1-4,6-7,9H,5,8H2,(H,19,20)(H,22,26)(H,24,25). The molecule has 4 aromatic rings. The quantitative estimate of drug-likeness (QED) is 0.495. The molecule has 0 aliphatic heterocycles. The highest BCUT2D eigenvalue weighted by Gasteiger charge is 2.14. The van der Waals surface area contributed by atoms with Gasteiger partial charge in [-0.2, -0.15) is 0 Å². The zero-order valence-corrected chi connectivity index (χ0v) is 13.5. The Labute approximate surface area is 146 Å². The van der Waals surface area contributed by atoms with E-state index in [2.05, 4.69) is 25.5 Å². The van der Waals surface area contributed by atoms with Crippen LogP contribution in [0.3, 0.4) is 0 Å². The summed E-state index contributed by atoms with van der Waals surface area (Å²) in [6, 6.07) is 8.26. The van der Waals surface area contributed by atoms with Crippen molar-refractivity contribution in [2.75, 3.05) is 11.9 Å². The van der Waals surface area contributed by atoms with E-state index in [1.165, 1.54) is 16.5 Å². The molecule has 0 amide bonds. The Morgan fingerprint density at radius 1 is 1.23 bits per heavy atom. The largest absolute Gasteiger partial charge is 0.478 e. The number of nitrogens with zero attached hydrogens (tertiary/aromatic N) is 4. The number of carboxylic acids is 1. The topological polar surface area (TPSA) is 125 Å². The number of hydrogen-bond donors (Lipinski definition) is 3. The number of carbonyl (C=O) groups is 1. The van der Waals surface area contributed by atoms with Crippen LogP contribution >= 0.6 is 0 Å². The molecule has 4 rings (SSSR count). The van der Waals surface area contributed by atoms with Crippen LogP contribution in [0.1, 0.15) is 15.9 Å². The second-order valence-corrected chi connectivity index (χ2v) is 5.69. The van der Waals surface area contributed by atoms with Gasteiger partial charge in [0, 0.05) is 18.9 Å². The van der Waals surface area contributed by atoms with Crippen molar-refractivity contribution >= 4 is 28.5 Å². The van der Waals surface area contributed by atoms with Gasteiger partial charge in [-0.1, -0.05) is 0 Å². The summed E-state index contributed by atoms with van der Waals surface area (Å²) < 4.78 is 1.38. The average Bonchev–Trinajstić information content (AvgIpc) is 3.04. The van der Waals surface area contributed by atoms with Gasteiger partial charge in [0.1, 0.15) is 0 Å². The molecule has 0 saturated heterocycles. The minimum atomic E-state index is -1.06. The predicted octanol–water partition coefficient (Wildman–Crippen LogP) is 1.32. The third kappa shape index (κ3) is 2.75. The summed E-state index contributed by atoms with van der Waals surface area (Å²) in [6.45, 7) is 0.567. The zero-order chi connectivity index (χ0) is 18.1. The van der Waals surface area contributed by atoms with Crippen LogP contribution in [-0.2, 0) is 6.42 Å². The summed E-state index contributed by atoms with van der Waals surface area (Å²) in [5, 5.41) is 18.8. The van der Waals surface area contributed by atoms with Crippen LogP contribution in [0, 0.1) is 0 Å². The number of aromatic amines is 1. The van der Waals surface area contributed by atoms with Gasteiger partial charge in [0.05, 0.1) is 16.6 Å². The number of nitrogens with one attached hydrogen (secondary N) is 2. The fourth-order valence-electron chi connectivity index (χ4n) is 2.78. The van der Waals surface area contributed by atoms with Gasteiger partial charge in [-0.25, -0.2) is 24.1 Å². The maximum Gasteiger partial charge on any atom is 0.348 e. The van der Waals surface area contributed by atoms with E-state index in [1.807, 2.05) is 12.1 Å². The van der Waals surface area contributed by atoms with Gasteiger partial charge in [0.15, 0.2) is 5.82 Å². The van der Waals surface area contributed by atoms with Crippen molar-refractivity contribution in [1.29, 1.82) is 0 Å². The van der Waals surface area contributed by atoms with E-state index in [0.29, 0.717) is 29.0 Å². The number of aromatic nitrogens is 5. The molecular weight excluding hydrogens is 336 g/mol. The molecule has 26 heavy (non-hydrogen) atoms. The average molecular weight is 350 g/mol. The normalized spacial score (nSPS) is 11.1. The molecule has 0 bridgehead atoms. The van der Waals surface area contributed by atoms with E-state index in [0.717, 1.165) is 12.0 Å². The van der Waals surface area contributed by atoms with Crippen LogP contribution in [0.15, 0.2) is 47.5 Å². The van der Waals surface area contributed by atoms with Gasteiger partial charge in [-0.05, 0) is 42.3 Å². The number of benzene rings is 1. The summed E-state index contributed by atoms with van der Waals surface area (Å²) in [5.41, 5.74) is 2.05. The molecule has 0 unspecified atom stereocenters. The lowest BCUT2D eigenvalue weighted by molar-refractivity contribution is 0.0697. The first kappa shape index (κ1) is 15.8. The lowest BCUT2D eigenvalue weighted by Crippen LogP contribution is -2.14. The predicted molar refractivity (Wildman–Crippen MR) is 94.5 cm³/mol. The first-order valence-corrected chi connectivity index (χ1v) is 7.90. The second kappa shape index (κ2) is 6.28. The molecule has 130 valence electrons. The van der Waals surface area contributed by atoms with Gasteiger partial charge in [0.25, 0.3) is 0 Å². The fourth-order valence-corrected chi connectivity index (χ4v) is 2.78. The van der Waals surface area contributed by atoms with Crippen molar-refractivity contribution in [3.63, 3.8) is 0 Å². The van der Waals surface area contributed by atoms with Crippen molar-refractivity contribution in [1.82, 2.24) is 24.6 Å². The summed E-state index contributed by atoms with van der Waals surface area (Å²) in [7, 11) is 0. The Morgan fingerprint density at radius 2 is 2.04 bits per heavy atom. The Morgan fingerprint density at radius 3 is 2.81 bits per heavy atom. The van der Waals surface area contributed by atoms with Crippen LogP contribution in [0.2, 0.25) is 0 Å². The van der Waals surface area contributed by atoms with E-state index >= 15 is 0 Å². The van der Waals surface area contributed by atoms with Crippen LogP contribution < -0.4 is 11.0 Å². The molecule has 0 radical (unpaired) electrons. The molecule has 3 heterocycles. The number of H-pyrrole nitrogens is 1. The Bertz CT molecular complexity index is 1170. The number of aromatic carboxylic acids is 1. The third-order valence-corrected chi connectivity index (χ3v) is 4.04. The van der Waals surface area contributed by atoms with Gasteiger partial charge in [0.2, 0.25) is 5.65 Å². The van der Waals surface area contributed by atoms with Crippen LogP contribution in [-0.4, -0.2) is 42.2 Å². The van der Waals surface area contributed by atoms with Gasteiger partial charge in [-0.15, -0.1) is 5.10 Å². The monoisotopic (exact) mass is 350 g/mol. The molecule has 0 fully saturated rings. The highest BCUT2D eigenvalue weighted by Crippen LogP contribution is 2.20. The van der Waals surface area contributed by atoms with Crippen molar-refractivity contribution in [2.45, 2.75) is 6.42 Å². The van der Waals surface area contributed by atoms with Crippen LogP contribution in [0.4, 0.5) is 5.82 Å². The van der Waals surface area contributed by atoms with E-state index in [-0.39, 0.29) is 5.56 Å². The van der Waals surface area contributed by atoms with Crippen LogP contribution in [0.25, 0.3) is 16.7 Å². The van der Waals surface area contributed by atoms with Gasteiger partial charge in [-0.3, -0.25) is 4.98 Å². The molecule has 9 heteroatoms. The molecule has 0 spiro atoms. The highest BCUT2D eigenvalue weighted by molar-refractivity contribution is 5.93. The summed E-state index contributed by atoms with van der Waals surface area (Å²) in [4.78, 5) is 31.8. The number of fused-ring (bicyclic) bond motifs is 3. The minimum absolute atomic E-state index is 0.101. The van der Waals surface area contributed by atoms with Crippen molar-refractivity contribution in [2.24, 2.45) is 0 Å². The van der Waals surface area contributed by atoms with E-state index < -0.39 is 11.7 Å². The summed E-state index contributed by atoms with van der Waals surface area (Å²) in [6.07, 6.45) is 4.18. The summed E-state index contributed by atoms with van der Waals surface area (Å²) >= 11 is 0. The fraction of sp³-hybridized carbons (Fsp3) is 0.118. The van der Waals surface area contributed by atoms with Crippen LogP contribution in [0.5, 0.6) is 0 Å². The second-order valence-electron chi connectivity index (χ2n) is 5.69. The molecule has 0 aliphatic rings. The molecule has 0 atom stereocenters. The van der Waals surface area contributed by atoms with Crippen molar-refractivity contribution in [3.05, 3.63) is 64.3 Å². The number of pyridine rings is 1. The zero-order valence-electron chi connectivity index (χ0n) is 13.5. The maximum absolute atomic E-state index is 12.1. The Kier molecular flexibility index (Phi) is 3.81. The number of rotatable bonds is 5. The molecule has 3 N–H and O–H groups in total. The highest BCUT2D eigenvalue weighted by atomic mass is 16.4. The van der Waals surface area contributed by atoms with Crippen molar-refractivity contribution < 1.29 is 9.90 Å². The van der Waals surface area contributed by atoms with E-state index in [1.54, 1.807) is 18.5 Å². The van der Waals surface area contributed by atoms with Crippen molar-refractivity contribution in [3.8, 4) is 0 Å². The molecule has 3 aromatic heterocycles. The number of hydrogen-bond acceptors (Lipinski definition) is 6. The van der Waals surface area contributed by atoms with Gasteiger partial charge >= 0.3 is 11.7 Å². The van der Waals surface area contributed by atoms with E-state index in [9.17, 15) is 14.7 Å². The number of anilines is 1. The smallest absolute Gasteiger partial charge is 0.348 e. The Hall–Kier alpha value is -3.75. The molecule has 0 aliphatic carbocycles. The molecular formula is C17H14N6O3. The first-order valence-electron chi connectivity index (χ1n) is 7.90. The third-order valence-electron chi connectivity index (χ3n) is 4.04. The minimum Gasteiger partial charge on any atom is -0.478 e. The lowest BCUT2D eigenvalue weighted by atomic mass is 10.2. The first-order chi connectivity index (χ1) is 12.6. The van der Waals surface area contributed by atoms with E-state index in [4.69, 9.17) is 0 Å². The molecule has 9 nitrogen and oxygen atoms in total. The SMILES string of the molecule is O=C(O)c1ccc2c(c1)nc(NCCc1ccncc1)c1n[nH]c(=O)n12. The molecule has 1 aromatic carbocycles. The molecule has 0 saturated carbocycles. The van der Waals surface area contributed by atoms with Gasteiger partial charge < -0.3 is 10.4 Å². The Balaban J connectivity index is 1.74. The number of carboxylic acid groups (broad SMARTS) is 1.